The van der Waals surface area contributed by atoms with Crippen molar-refractivity contribution >= 4 is 16.5 Å². The van der Waals surface area contributed by atoms with Crippen LogP contribution in [0.25, 0.3) is 0 Å². The molecule has 0 saturated heterocycles. The summed E-state index contributed by atoms with van der Waals surface area (Å²) in [4.78, 5) is 7.28. The standard InChI is InChI=1S/C12H14FN3S/c1-16(8-11-6-15-12(14)17-11)7-9-2-4-10(13)5-3-9/h2-6H,7-8H2,1H3,(H2,14,15). The van der Waals surface area contributed by atoms with Gasteiger partial charge < -0.3 is 5.73 Å². The van der Waals surface area contributed by atoms with Gasteiger partial charge in [-0.2, -0.15) is 0 Å². The second kappa shape index (κ2) is 5.25. The van der Waals surface area contributed by atoms with Gasteiger partial charge in [0.15, 0.2) is 5.13 Å². The van der Waals surface area contributed by atoms with E-state index in [-0.39, 0.29) is 5.82 Å². The largest absolute Gasteiger partial charge is 0.375 e. The first kappa shape index (κ1) is 12.0. The number of rotatable bonds is 4. The first-order valence-corrected chi connectivity index (χ1v) is 6.08. The molecule has 0 atom stereocenters. The molecule has 0 aliphatic heterocycles. The van der Waals surface area contributed by atoms with Crippen LogP contribution < -0.4 is 5.73 Å². The van der Waals surface area contributed by atoms with Crippen molar-refractivity contribution in [2.45, 2.75) is 13.1 Å². The predicted octanol–water partition coefficient (Wildman–Crippen LogP) is 2.50. The maximum atomic E-state index is 12.7. The highest BCUT2D eigenvalue weighted by Gasteiger charge is 2.04. The molecule has 0 spiro atoms. The van der Waals surface area contributed by atoms with Gasteiger partial charge in [0.2, 0.25) is 0 Å². The zero-order valence-electron chi connectivity index (χ0n) is 9.56. The summed E-state index contributed by atoms with van der Waals surface area (Å²) in [7, 11) is 2.01. The fourth-order valence-electron chi connectivity index (χ4n) is 1.62. The Morgan fingerprint density at radius 1 is 1.29 bits per heavy atom. The molecule has 5 heteroatoms. The lowest BCUT2D eigenvalue weighted by Crippen LogP contribution is -2.16. The van der Waals surface area contributed by atoms with E-state index >= 15 is 0 Å². The lowest BCUT2D eigenvalue weighted by molar-refractivity contribution is 0.321. The van der Waals surface area contributed by atoms with Crippen molar-refractivity contribution in [1.29, 1.82) is 0 Å². The molecule has 2 rings (SSSR count). The molecule has 1 heterocycles. The van der Waals surface area contributed by atoms with Crippen molar-refractivity contribution in [1.82, 2.24) is 9.88 Å². The lowest BCUT2D eigenvalue weighted by Gasteiger charge is -2.15. The Morgan fingerprint density at radius 2 is 2.00 bits per heavy atom. The van der Waals surface area contributed by atoms with Gasteiger partial charge in [-0.3, -0.25) is 4.90 Å². The van der Waals surface area contributed by atoms with Crippen molar-refractivity contribution in [2.75, 3.05) is 12.8 Å². The molecular weight excluding hydrogens is 237 g/mol. The number of nitrogen functional groups attached to an aromatic ring is 1. The van der Waals surface area contributed by atoms with Gasteiger partial charge in [-0.15, -0.1) is 11.3 Å². The van der Waals surface area contributed by atoms with Crippen molar-refractivity contribution in [3.8, 4) is 0 Å². The third-order valence-electron chi connectivity index (χ3n) is 2.36. The average molecular weight is 251 g/mol. The summed E-state index contributed by atoms with van der Waals surface area (Å²) < 4.78 is 12.7. The number of halogens is 1. The Kier molecular flexibility index (Phi) is 3.71. The summed E-state index contributed by atoms with van der Waals surface area (Å²) >= 11 is 1.49. The number of nitrogens with zero attached hydrogens (tertiary/aromatic N) is 2. The molecule has 3 nitrogen and oxygen atoms in total. The van der Waals surface area contributed by atoms with Gasteiger partial charge in [0.05, 0.1) is 0 Å². The Labute approximate surface area is 104 Å². The Morgan fingerprint density at radius 3 is 2.59 bits per heavy atom. The second-order valence-electron chi connectivity index (χ2n) is 3.96. The van der Waals surface area contributed by atoms with Crippen molar-refractivity contribution in [3.63, 3.8) is 0 Å². The van der Waals surface area contributed by atoms with E-state index in [1.165, 1.54) is 23.5 Å². The Hall–Kier alpha value is -1.46. The number of benzene rings is 1. The molecule has 0 bridgehead atoms. The van der Waals surface area contributed by atoms with Gasteiger partial charge in [0, 0.05) is 24.2 Å². The maximum absolute atomic E-state index is 12.7. The minimum atomic E-state index is -0.202. The number of hydrogen-bond donors (Lipinski definition) is 1. The van der Waals surface area contributed by atoms with E-state index in [9.17, 15) is 4.39 Å². The minimum Gasteiger partial charge on any atom is -0.375 e. The van der Waals surface area contributed by atoms with Crippen LogP contribution in [0.3, 0.4) is 0 Å². The van der Waals surface area contributed by atoms with Crippen molar-refractivity contribution in [2.24, 2.45) is 0 Å². The maximum Gasteiger partial charge on any atom is 0.180 e. The molecular formula is C12H14FN3S. The molecule has 0 aliphatic rings. The van der Waals surface area contributed by atoms with Crippen LogP contribution in [0.5, 0.6) is 0 Å². The summed E-state index contributed by atoms with van der Waals surface area (Å²) in [6, 6.07) is 6.56. The molecule has 0 fully saturated rings. The molecule has 0 radical (unpaired) electrons. The Bertz CT molecular complexity index is 481. The zero-order chi connectivity index (χ0) is 12.3. The molecule has 0 saturated carbocycles. The van der Waals surface area contributed by atoms with Crippen LogP contribution in [0.15, 0.2) is 30.5 Å². The van der Waals surface area contributed by atoms with Crippen molar-refractivity contribution in [3.05, 3.63) is 46.7 Å². The van der Waals surface area contributed by atoms with Gasteiger partial charge in [0.1, 0.15) is 5.82 Å². The number of thiazole rings is 1. The first-order chi connectivity index (χ1) is 8.13. The fourth-order valence-corrected chi connectivity index (χ4v) is 2.38. The molecule has 2 N–H and O–H groups in total. The smallest absolute Gasteiger partial charge is 0.180 e. The second-order valence-corrected chi connectivity index (χ2v) is 5.11. The van der Waals surface area contributed by atoms with E-state index in [4.69, 9.17) is 5.73 Å². The SMILES string of the molecule is CN(Cc1ccc(F)cc1)Cc1cnc(N)s1. The first-order valence-electron chi connectivity index (χ1n) is 5.26. The summed E-state index contributed by atoms with van der Waals surface area (Å²) in [5, 5.41) is 0.593. The summed E-state index contributed by atoms with van der Waals surface area (Å²) in [5.41, 5.74) is 6.66. The molecule has 0 unspecified atom stereocenters. The highest BCUT2D eigenvalue weighted by atomic mass is 32.1. The monoisotopic (exact) mass is 251 g/mol. The summed E-state index contributed by atoms with van der Waals surface area (Å²) in [6.45, 7) is 1.57. The zero-order valence-corrected chi connectivity index (χ0v) is 10.4. The number of anilines is 1. The molecule has 2 aromatic rings. The molecule has 1 aromatic carbocycles. The van der Waals surface area contributed by atoms with Crippen molar-refractivity contribution < 1.29 is 4.39 Å². The number of hydrogen-bond acceptors (Lipinski definition) is 4. The van der Waals surface area contributed by atoms with E-state index in [2.05, 4.69) is 9.88 Å². The van der Waals surface area contributed by atoms with Crippen LogP contribution >= 0.6 is 11.3 Å². The van der Waals surface area contributed by atoms with Gasteiger partial charge in [-0.05, 0) is 24.7 Å². The van der Waals surface area contributed by atoms with Gasteiger partial charge in [-0.1, -0.05) is 12.1 Å². The molecule has 0 amide bonds. The quantitative estimate of drug-likeness (QED) is 0.907. The average Bonchev–Trinajstić information content (AvgIpc) is 2.67. The van der Waals surface area contributed by atoms with Crippen LogP contribution in [0.1, 0.15) is 10.4 Å². The normalized spacial score (nSPS) is 11.0. The summed E-state index contributed by atoms with van der Waals surface area (Å²) in [5.74, 6) is -0.202. The van der Waals surface area contributed by atoms with Crippen LogP contribution in [0.4, 0.5) is 9.52 Å². The fraction of sp³-hybridized carbons (Fsp3) is 0.250. The third kappa shape index (κ3) is 3.51. The predicted molar refractivity (Wildman–Crippen MR) is 68.1 cm³/mol. The van der Waals surface area contributed by atoms with E-state index in [0.717, 1.165) is 23.5 Å². The molecule has 17 heavy (non-hydrogen) atoms. The molecule has 90 valence electrons. The topological polar surface area (TPSA) is 42.2 Å². The van der Waals surface area contributed by atoms with Crippen LogP contribution in [-0.2, 0) is 13.1 Å². The Balaban J connectivity index is 1.93. The van der Waals surface area contributed by atoms with Crippen LogP contribution in [-0.4, -0.2) is 16.9 Å². The van der Waals surface area contributed by atoms with Crippen LogP contribution in [0.2, 0.25) is 0 Å². The third-order valence-corrected chi connectivity index (χ3v) is 3.17. The minimum absolute atomic E-state index is 0.202. The highest BCUT2D eigenvalue weighted by Crippen LogP contribution is 2.17. The van der Waals surface area contributed by atoms with Gasteiger partial charge in [-0.25, -0.2) is 9.37 Å². The van der Waals surface area contributed by atoms with E-state index in [1.54, 1.807) is 18.3 Å². The molecule has 0 aliphatic carbocycles. The van der Waals surface area contributed by atoms with Gasteiger partial charge in [0.25, 0.3) is 0 Å². The number of aromatic nitrogens is 1. The summed E-state index contributed by atoms with van der Waals surface area (Å²) in [6.07, 6.45) is 1.79. The van der Waals surface area contributed by atoms with Crippen LogP contribution in [0, 0.1) is 5.82 Å². The van der Waals surface area contributed by atoms with Gasteiger partial charge >= 0.3 is 0 Å². The van der Waals surface area contributed by atoms with E-state index < -0.39 is 0 Å². The van der Waals surface area contributed by atoms with E-state index in [0.29, 0.717) is 5.13 Å². The number of nitrogens with two attached hydrogens (primary N) is 1. The lowest BCUT2D eigenvalue weighted by atomic mass is 10.2. The van der Waals surface area contributed by atoms with E-state index in [1.807, 2.05) is 7.05 Å². The highest BCUT2D eigenvalue weighted by molar-refractivity contribution is 7.15. The molecule has 1 aromatic heterocycles.